The van der Waals surface area contributed by atoms with E-state index in [9.17, 15) is 9.59 Å². The van der Waals surface area contributed by atoms with Gasteiger partial charge in [0.1, 0.15) is 5.75 Å². The molecule has 0 aliphatic carbocycles. The Kier molecular flexibility index (Phi) is 5.71. The Morgan fingerprint density at radius 3 is 2.39 bits per heavy atom. The fourth-order valence-corrected chi connectivity index (χ4v) is 2.18. The maximum absolute atomic E-state index is 11.1. The molecule has 5 heteroatoms. The standard InChI is InChI=1S/C13H16O4S/c1-9(14)18-8-11(13(15)16)7-10-3-5-12(17-2)6-4-10/h3-6,11H,7-8H2,1-2H3,(H,15,16)/t11-/m1/s1. The van der Waals surface area contributed by atoms with Gasteiger partial charge in [0.2, 0.25) is 0 Å². The molecule has 1 atom stereocenters. The van der Waals surface area contributed by atoms with Gasteiger partial charge in [0, 0.05) is 12.7 Å². The number of hydrogen-bond acceptors (Lipinski definition) is 4. The van der Waals surface area contributed by atoms with Crippen molar-refractivity contribution in [3.8, 4) is 5.75 Å². The van der Waals surface area contributed by atoms with Crippen LogP contribution in [0.1, 0.15) is 12.5 Å². The fourth-order valence-electron chi connectivity index (χ4n) is 1.48. The first-order valence-electron chi connectivity index (χ1n) is 5.52. The first-order valence-corrected chi connectivity index (χ1v) is 6.50. The zero-order valence-corrected chi connectivity index (χ0v) is 11.2. The summed E-state index contributed by atoms with van der Waals surface area (Å²) in [5, 5.41) is 9.04. The molecular formula is C13H16O4S. The number of methoxy groups -OCH3 is 1. The minimum absolute atomic E-state index is 0.0593. The normalized spacial score (nSPS) is 11.9. The number of rotatable bonds is 6. The van der Waals surface area contributed by atoms with Crippen molar-refractivity contribution >= 4 is 22.8 Å². The van der Waals surface area contributed by atoms with E-state index in [-0.39, 0.29) is 5.12 Å². The summed E-state index contributed by atoms with van der Waals surface area (Å²) in [6.07, 6.45) is 0.416. The SMILES string of the molecule is COc1ccc(C[C@H](CSC(C)=O)C(=O)O)cc1. The van der Waals surface area contributed by atoms with Crippen LogP contribution in [0.15, 0.2) is 24.3 Å². The van der Waals surface area contributed by atoms with Crippen LogP contribution in [0.2, 0.25) is 0 Å². The Bertz CT molecular complexity index is 414. The minimum Gasteiger partial charge on any atom is -0.497 e. The van der Waals surface area contributed by atoms with Crippen LogP contribution in [-0.2, 0) is 16.0 Å². The molecule has 0 fully saturated rings. The lowest BCUT2D eigenvalue weighted by atomic mass is 10.0. The fraction of sp³-hybridized carbons (Fsp3) is 0.385. The Morgan fingerprint density at radius 2 is 1.94 bits per heavy atom. The average molecular weight is 268 g/mol. The number of ether oxygens (including phenoxy) is 1. The average Bonchev–Trinajstić information content (AvgIpc) is 2.34. The van der Waals surface area contributed by atoms with E-state index in [2.05, 4.69) is 0 Å². The molecule has 0 bridgehead atoms. The molecule has 18 heavy (non-hydrogen) atoms. The molecule has 0 amide bonds. The molecular weight excluding hydrogens is 252 g/mol. The van der Waals surface area contributed by atoms with Crippen molar-refractivity contribution in [3.05, 3.63) is 29.8 Å². The first kappa shape index (κ1) is 14.6. The number of carbonyl (C=O) groups is 2. The van der Waals surface area contributed by atoms with Gasteiger partial charge in [0.25, 0.3) is 0 Å². The largest absolute Gasteiger partial charge is 0.497 e. The third-order valence-electron chi connectivity index (χ3n) is 2.48. The molecule has 0 radical (unpaired) electrons. The zero-order valence-electron chi connectivity index (χ0n) is 10.4. The number of aliphatic carboxylic acids is 1. The van der Waals surface area contributed by atoms with Crippen molar-refractivity contribution in [3.63, 3.8) is 0 Å². The van der Waals surface area contributed by atoms with Crippen LogP contribution in [-0.4, -0.2) is 29.1 Å². The summed E-state index contributed by atoms with van der Waals surface area (Å²) < 4.78 is 5.04. The van der Waals surface area contributed by atoms with E-state index in [0.29, 0.717) is 12.2 Å². The lowest BCUT2D eigenvalue weighted by Crippen LogP contribution is -2.19. The van der Waals surface area contributed by atoms with Gasteiger partial charge in [-0.3, -0.25) is 9.59 Å². The van der Waals surface area contributed by atoms with Crippen LogP contribution in [0.4, 0.5) is 0 Å². The molecule has 0 spiro atoms. The van der Waals surface area contributed by atoms with E-state index in [1.165, 1.54) is 6.92 Å². The highest BCUT2D eigenvalue weighted by Gasteiger charge is 2.18. The summed E-state index contributed by atoms with van der Waals surface area (Å²) in [7, 11) is 1.58. The molecule has 0 aliphatic heterocycles. The van der Waals surface area contributed by atoms with Crippen LogP contribution in [0.5, 0.6) is 5.75 Å². The van der Waals surface area contributed by atoms with Crippen molar-refractivity contribution in [1.29, 1.82) is 0 Å². The molecule has 0 aromatic heterocycles. The second-order valence-electron chi connectivity index (χ2n) is 3.89. The molecule has 0 unspecified atom stereocenters. The Hall–Kier alpha value is -1.49. The van der Waals surface area contributed by atoms with E-state index in [1.807, 2.05) is 12.1 Å². The van der Waals surface area contributed by atoms with E-state index in [1.54, 1.807) is 19.2 Å². The summed E-state index contributed by atoms with van der Waals surface area (Å²) in [6.45, 7) is 1.44. The van der Waals surface area contributed by atoms with Gasteiger partial charge in [-0.1, -0.05) is 23.9 Å². The number of hydrogen-bond donors (Lipinski definition) is 1. The lowest BCUT2D eigenvalue weighted by Gasteiger charge is -2.11. The van der Waals surface area contributed by atoms with Gasteiger partial charge >= 0.3 is 5.97 Å². The van der Waals surface area contributed by atoms with Gasteiger partial charge in [-0.25, -0.2) is 0 Å². The molecule has 1 rings (SSSR count). The van der Waals surface area contributed by atoms with Gasteiger partial charge < -0.3 is 9.84 Å². The van der Waals surface area contributed by atoms with Crippen molar-refractivity contribution in [2.75, 3.05) is 12.9 Å². The van der Waals surface area contributed by atoms with Gasteiger partial charge in [0.15, 0.2) is 5.12 Å². The van der Waals surface area contributed by atoms with Crippen LogP contribution >= 0.6 is 11.8 Å². The van der Waals surface area contributed by atoms with E-state index in [0.717, 1.165) is 23.1 Å². The number of thioether (sulfide) groups is 1. The van der Waals surface area contributed by atoms with Gasteiger partial charge in [-0.2, -0.15) is 0 Å². The highest BCUT2D eigenvalue weighted by Crippen LogP contribution is 2.18. The summed E-state index contributed by atoms with van der Waals surface area (Å²) in [6, 6.07) is 7.28. The maximum atomic E-state index is 11.1. The second-order valence-corrected chi connectivity index (χ2v) is 5.09. The van der Waals surface area contributed by atoms with Crippen molar-refractivity contribution in [1.82, 2.24) is 0 Å². The molecule has 1 aromatic carbocycles. The monoisotopic (exact) mass is 268 g/mol. The molecule has 1 N–H and O–H groups in total. The quantitative estimate of drug-likeness (QED) is 0.857. The summed E-state index contributed by atoms with van der Waals surface area (Å²) in [5.41, 5.74) is 0.923. The summed E-state index contributed by atoms with van der Waals surface area (Å²) in [5.74, 6) is -0.382. The van der Waals surface area contributed by atoms with Crippen molar-refractivity contribution in [2.45, 2.75) is 13.3 Å². The van der Waals surface area contributed by atoms with E-state index >= 15 is 0 Å². The van der Waals surface area contributed by atoms with Crippen LogP contribution in [0.25, 0.3) is 0 Å². The Balaban J connectivity index is 2.64. The summed E-state index contributed by atoms with van der Waals surface area (Å²) in [4.78, 5) is 22.0. The third-order valence-corrected chi connectivity index (χ3v) is 3.45. The topological polar surface area (TPSA) is 63.6 Å². The second kappa shape index (κ2) is 7.06. The number of carboxylic acid groups (broad SMARTS) is 1. The van der Waals surface area contributed by atoms with Crippen LogP contribution in [0, 0.1) is 5.92 Å². The number of carboxylic acids is 1. The smallest absolute Gasteiger partial charge is 0.307 e. The van der Waals surface area contributed by atoms with Gasteiger partial charge in [0.05, 0.1) is 13.0 Å². The minimum atomic E-state index is -0.875. The highest BCUT2D eigenvalue weighted by molar-refractivity contribution is 8.13. The number of carbonyl (C=O) groups excluding carboxylic acids is 1. The molecule has 4 nitrogen and oxygen atoms in total. The summed E-state index contributed by atoms with van der Waals surface area (Å²) >= 11 is 1.05. The molecule has 0 saturated heterocycles. The first-order chi connectivity index (χ1) is 8.52. The van der Waals surface area contributed by atoms with Crippen molar-refractivity contribution < 1.29 is 19.4 Å². The Morgan fingerprint density at radius 1 is 1.33 bits per heavy atom. The predicted octanol–water partition coefficient (Wildman–Crippen LogP) is 2.22. The molecule has 0 heterocycles. The predicted molar refractivity (Wildman–Crippen MR) is 71.0 cm³/mol. The number of benzene rings is 1. The van der Waals surface area contributed by atoms with Gasteiger partial charge in [-0.15, -0.1) is 0 Å². The van der Waals surface area contributed by atoms with Crippen LogP contribution < -0.4 is 4.74 Å². The van der Waals surface area contributed by atoms with E-state index in [4.69, 9.17) is 9.84 Å². The Labute approximate surface area is 110 Å². The molecule has 0 aliphatic rings. The zero-order chi connectivity index (χ0) is 13.5. The molecule has 98 valence electrons. The maximum Gasteiger partial charge on any atom is 0.307 e. The van der Waals surface area contributed by atoms with Crippen molar-refractivity contribution in [2.24, 2.45) is 5.92 Å². The molecule has 0 saturated carbocycles. The highest BCUT2D eigenvalue weighted by atomic mass is 32.2. The molecule has 1 aromatic rings. The van der Waals surface area contributed by atoms with E-state index < -0.39 is 11.9 Å². The van der Waals surface area contributed by atoms with Crippen LogP contribution in [0.3, 0.4) is 0 Å². The lowest BCUT2D eigenvalue weighted by molar-refractivity contribution is -0.140. The van der Waals surface area contributed by atoms with Gasteiger partial charge in [-0.05, 0) is 24.1 Å². The third kappa shape index (κ3) is 4.79.